The third-order valence-corrected chi connectivity index (χ3v) is 4.45. The maximum atomic E-state index is 5.67. The Morgan fingerprint density at radius 2 is 2.12 bits per heavy atom. The molecule has 0 unspecified atom stereocenters. The minimum Gasteiger partial charge on any atom is -0.381 e. The van der Waals surface area contributed by atoms with E-state index in [0.29, 0.717) is 5.41 Å². The second-order valence-corrected chi connectivity index (χ2v) is 5.45. The highest BCUT2D eigenvalue weighted by Crippen LogP contribution is 2.48. The average Bonchev–Trinajstić information content (AvgIpc) is 2.86. The molecule has 1 atom stereocenters. The Morgan fingerprint density at radius 3 is 2.75 bits per heavy atom. The first-order valence-electron chi connectivity index (χ1n) is 6.81. The van der Waals surface area contributed by atoms with Crippen molar-refractivity contribution in [2.75, 3.05) is 39.4 Å². The van der Waals surface area contributed by atoms with Gasteiger partial charge in [0.1, 0.15) is 0 Å². The maximum absolute atomic E-state index is 5.67. The Bertz CT molecular complexity index is 214. The van der Waals surface area contributed by atoms with Crippen LogP contribution in [0.15, 0.2) is 0 Å². The molecule has 0 aromatic carbocycles. The van der Waals surface area contributed by atoms with Gasteiger partial charge in [-0.1, -0.05) is 12.8 Å². The van der Waals surface area contributed by atoms with Gasteiger partial charge >= 0.3 is 0 Å². The lowest BCUT2D eigenvalue weighted by Crippen LogP contribution is -2.30. The van der Waals surface area contributed by atoms with E-state index in [1.54, 1.807) is 0 Å². The average molecular weight is 226 g/mol. The van der Waals surface area contributed by atoms with Crippen molar-refractivity contribution in [2.24, 2.45) is 17.1 Å². The first-order valence-corrected chi connectivity index (χ1v) is 6.81. The molecule has 94 valence electrons. The summed E-state index contributed by atoms with van der Waals surface area (Å²) in [4.78, 5) is 2.55. The van der Waals surface area contributed by atoms with Crippen LogP contribution in [0.25, 0.3) is 0 Å². The summed E-state index contributed by atoms with van der Waals surface area (Å²) in [5.74, 6) is 0.751. The minimum absolute atomic E-state index is 0.574. The molecule has 1 spiro atoms. The summed E-state index contributed by atoms with van der Waals surface area (Å²) in [5, 5.41) is 0. The van der Waals surface area contributed by atoms with Crippen molar-refractivity contribution in [2.45, 2.75) is 32.6 Å². The van der Waals surface area contributed by atoms with Crippen molar-refractivity contribution >= 4 is 0 Å². The van der Waals surface area contributed by atoms with Crippen LogP contribution in [-0.2, 0) is 4.74 Å². The first kappa shape index (κ1) is 12.3. The maximum Gasteiger partial charge on any atom is 0.0512 e. The molecule has 3 heteroatoms. The molecule has 0 aromatic heterocycles. The first-order chi connectivity index (χ1) is 7.80. The lowest BCUT2D eigenvalue weighted by atomic mass is 9.77. The van der Waals surface area contributed by atoms with Gasteiger partial charge in [-0.2, -0.15) is 0 Å². The summed E-state index contributed by atoms with van der Waals surface area (Å²) in [5.41, 5.74) is 6.24. The summed E-state index contributed by atoms with van der Waals surface area (Å²) in [6.07, 6.45) is 5.65. The normalized spacial score (nSPS) is 29.2. The van der Waals surface area contributed by atoms with Crippen LogP contribution in [0.2, 0.25) is 0 Å². The summed E-state index contributed by atoms with van der Waals surface area (Å²) >= 11 is 0. The van der Waals surface area contributed by atoms with Crippen molar-refractivity contribution in [3.63, 3.8) is 0 Å². The van der Waals surface area contributed by atoms with E-state index in [1.807, 2.05) is 0 Å². The Balaban J connectivity index is 1.96. The molecule has 2 rings (SSSR count). The third-order valence-electron chi connectivity index (χ3n) is 4.45. The van der Waals surface area contributed by atoms with Gasteiger partial charge in [0, 0.05) is 38.7 Å². The lowest BCUT2D eigenvalue weighted by molar-refractivity contribution is 0.0688. The fourth-order valence-corrected chi connectivity index (χ4v) is 3.63. The van der Waals surface area contributed by atoms with Gasteiger partial charge in [0.25, 0.3) is 0 Å². The van der Waals surface area contributed by atoms with Crippen LogP contribution in [0.3, 0.4) is 0 Å². The fourth-order valence-electron chi connectivity index (χ4n) is 3.63. The number of ether oxygens (including phenoxy) is 1. The Labute approximate surface area is 99.3 Å². The van der Waals surface area contributed by atoms with Crippen LogP contribution >= 0.6 is 0 Å². The molecule has 16 heavy (non-hydrogen) atoms. The van der Waals surface area contributed by atoms with Gasteiger partial charge in [0.05, 0.1) is 6.61 Å². The molecule has 1 heterocycles. The van der Waals surface area contributed by atoms with Gasteiger partial charge in [-0.25, -0.2) is 0 Å². The standard InChI is InChI=1S/C13H26N2O/c1-2-16-10-12-9-15(8-7-14)11-13(12)5-3-4-6-13/h12H,2-11,14H2,1H3/t12-/m1/s1. The molecule has 0 amide bonds. The molecular weight excluding hydrogens is 200 g/mol. The molecule has 2 fully saturated rings. The smallest absolute Gasteiger partial charge is 0.0512 e. The minimum atomic E-state index is 0.574. The van der Waals surface area contributed by atoms with Crippen LogP contribution < -0.4 is 5.73 Å². The van der Waals surface area contributed by atoms with Crippen molar-refractivity contribution in [3.05, 3.63) is 0 Å². The molecule has 0 bridgehead atoms. The highest BCUT2D eigenvalue weighted by molar-refractivity contribution is 4.99. The molecule has 2 aliphatic rings. The summed E-state index contributed by atoms with van der Waals surface area (Å²) < 4.78 is 5.67. The quantitative estimate of drug-likeness (QED) is 0.771. The van der Waals surface area contributed by atoms with E-state index in [0.717, 1.165) is 32.2 Å². The van der Waals surface area contributed by atoms with Gasteiger partial charge in [0.2, 0.25) is 0 Å². The van der Waals surface area contributed by atoms with Gasteiger partial charge in [-0.3, -0.25) is 0 Å². The van der Waals surface area contributed by atoms with Crippen molar-refractivity contribution < 1.29 is 4.74 Å². The number of nitrogens with zero attached hydrogens (tertiary/aromatic N) is 1. The van der Waals surface area contributed by atoms with Gasteiger partial charge in [-0.05, 0) is 25.2 Å². The van der Waals surface area contributed by atoms with Crippen LogP contribution in [-0.4, -0.2) is 44.3 Å². The highest BCUT2D eigenvalue weighted by atomic mass is 16.5. The zero-order valence-corrected chi connectivity index (χ0v) is 10.6. The Kier molecular flexibility index (Phi) is 4.22. The molecular formula is C13H26N2O. The number of nitrogens with two attached hydrogens (primary N) is 1. The molecule has 2 N–H and O–H groups in total. The topological polar surface area (TPSA) is 38.5 Å². The predicted molar refractivity (Wildman–Crippen MR) is 66.4 cm³/mol. The van der Waals surface area contributed by atoms with Crippen LogP contribution in [0.4, 0.5) is 0 Å². The zero-order valence-electron chi connectivity index (χ0n) is 10.6. The highest BCUT2D eigenvalue weighted by Gasteiger charge is 2.47. The van der Waals surface area contributed by atoms with E-state index in [-0.39, 0.29) is 0 Å². The van der Waals surface area contributed by atoms with Crippen molar-refractivity contribution in [3.8, 4) is 0 Å². The van der Waals surface area contributed by atoms with E-state index in [4.69, 9.17) is 10.5 Å². The second kappa shape index (κ2) is 5.48. The Hall–Kier alpha value is -0.120. The van der Waals surface area contributed by atoms with Crippen LogP contribution in [0.5, 0.6) is 0 Å². The monoisotopic (exact) mass is 226 g/mol. The van der Waals surface area contributed by atoms with E-state index in [9.17, 15) is 0 Å². The van der Waals surface area contributed by atoms with Crippen molar-refractivity contribution in [1.29, 1.82) is 0 Å². The van der Waals surface area contributed by atoms with Gasteiger partial charge < -0.3 is 15.4 Å². The Morgan fingerprint density at radius 1 is 1.38 bits per heavy atom. The molecule has 0 aromatic rings. The predicted octanol–water partition coefficient (Wildman–Crippen LogP) is 1.47. The SMILES string of the molecule is CCOC[C@H]1CN(CCN)CC12CCCC2. The molecule has 0 radical (unpaired) electrons. The van der Waals surface area contributed by atoms with E-state index in [1.165, 1.54) is 38.8 Å². The second-order valence-electron chi connectivity index (χ2n) is 5.45. The van der Waals surface area contributed by atoms with Crippen LogP contribution in [0, 0.1) is 11.3 Å². The fraction of sp³-hybridized carbons (Fsp3) is 1.00. The van der Waals surface area contributed by atoms with Gasteiger partial charge in [0.15, 0.2) is 0 Å². The summed E-state index contributed by atoms with van der Waals surface area (Å²) in [6, 6.07) is 0. The van der Waals surface area contributed by atoms with E-state index >= 15 is 0 Å². The summed E-state index contributed by atoms with van der Waals surface area (Å²) in [7, 11) is 0. The van der Waals surface area contributed by atoms with Crippen molar-refractivity contribution in [1.82, 2.24) is 4.90 Å². The number of hydrogen-bond donors (Lipinski definition) is 1. The molecule has 1 saturated heterocycles. The third kappa shape index (κ3) is 2.41. The van der Waals surface area contributed by atoms with E-state index in [2.05, 4.69) is 11.8 Å². The lowest BCUT2D eigenvalue weighted by Gasteiger charge is -2.29. The van der Waals surface area contributed by atoms with Crippen LogP contribution in [0.1, 0.15) is 32.6 Å². The largest absolute Gasteiger partial charge is 0.381 e. The molecule has 1 saturated carbocycles. The molecule has 3 nitrogen and oxygen atoms in total. The number of rotatable bonds is 5. The molecule has 1 aliphatic heterocycles. The van der Waals surface area contributed by atoms with E-state index < -0.39 is 0 Å². The molecule has 1 aliphatic carbocycles. The number of hydrogen-bond acceptors (Lipinski definition) is 3. The zero-order chi connectivity index (χ0) is 11.4. The number of likely N-dealkylation sites (tertiary alicyclic amines) is 1. The summed E-state index contributed by atoms with van der Waals surface area (Å²) in [6.45, 7) is 8.22. The van der Waals surface area contributed by atoms with Gasteiger partial charge in [-0.15, -0.1) is 0 Å².